The van der Waals surface area contributed by atoms with E-state index >= 15 is 0 Å². The molecule has 1 aliphatic rings. The largest absolute Gasteiger partial charge is 0.488 e. The van der Waals surface area contributed by atoms with Gasteiger partial charge in [0.15, 0.2) is 5.69 Å². The quantitative estimate of drug-likeness (QED) is 0.391. The molecular formula is C25H28F3N3O3S. The highest BCUT2D eigenvalue weighted by molar-refractivity contribution is 7.13. The van der Waals surface area contributed by atoms with Crippen LogP contribution in [0.4, 0.5) is 18.0 Å². The Morgan fingerprint density at radius 1 is 1.17 bits per heavy atom. The predicted molar refractivity (Wildman–Crippen MR) is 129 cm³/mol. The van der Waals surface area contributed by atoms with Crippen molar-refractivity contribution in [3.8, 4) is 16.5 Å². The highest BCUT2D eigenvalue weighted by atomic mass is 32.1. The molecule has 1 amide bonds. The standard InChI is InChI=1S/C25H28F3N3O3S/c1-13-7-8-17-19(33-16-9-14(2)31(11-16)23(32)34-24(4,5)6)10-18(29-21(17)15(13)3)22-30-20(12-35-22)25(26,27)28/h7-8,10,12,14,16H,9,11H2,1-6H3/t14-,16?/m1/s1. The highest BCUT2D eigenvalue weighted by Gasteiger charge is 2.37. The molecule has 10 heteroatoms. The molecule has 2 atom stereocenters. The van der Waals surface area contributed by atoms with Crippen molar-refractivity contribution < 1.29 is 27.4 Å². The fraction of sp³-hybridized carbons (Fsp3) is 0.480. The van der Waals surface area contributed by atoms with Gasteiger partial charge in [-0.15, -0.1) is 11.3 Å². The van der Waals surface area contributed by atoms with E-state index < -0.39 is 23.6 Å². The van der Waals surface area contributed by atoms with Crippen LogP contribution in [-0.2, 0) is 10.9 Å². The Hall–Kier alpha value is -2.88. The minimum atomic E-state index is -4.53. The molecule has 188 valence electrons. The average molecular weight is 508 g/mol. The molecule has 6 nitrogen and oxygen atoms in total. The van der Waals surface area contributed by atoms with Crippen molar-refractivity contribution in [1.82, 2.24) is 14.9 Å². The number of likely N-dealkylation sites (tertiary alicyclic amines) is 1. The third-order valence-electron chi connectivity index (χ3n) is 5.94. The van der Waals surface area contributed by atoms with Gasteiger partial charge in [-0.2, -0.15) is 13.2 Å². The topological polar surface area (TPSA) is 64.5 Å². The Morgan fingerprint density at radius 2 is 1.89 bits per heavy atom. The maximum Gasteiger partial charge on any atom is 0.434 e. The Labute approximate surface area is 206 Å². The van der Waals surface area contributed by atoms with Crippen molar-refractivity contribution in [2.45, 2.75) is 71.9 Å². The molecule has 0 spiro atoms. The minimum absolute atomic E-state index is 0.0836. The summed E-state index contributed by atoms with van der Waals surface area (Å²) >= 11 is 0.891. The number of hydrogen-bond acceptors (Lipinski definition) is 6. The van der Waals surface area contributed by atoms with Crippen LogP contribution in [0, 0.1) is 13.8 Å². The maximum atomic E-state index is 13.1. The monoisotopic (exact) mass is 507 g/mol. The highest BCUT2D eigenvalue weighted by Crippen LogP contribution is 2.38. The maximum absolute atomic E-state index is 13.1. The zero-order valence-corrected chi connectivity index (χ0v) is 21.3. The minimum Gasteiger partial charge on any atom is -0.488 e. The molecule has 2 aromatic heterocycles. The van der Waals surface area contributed by atoms with Gasteiger partial charge in [0, 0.05) is 29.3 Å². The van der Waals surface area contributed by atoms with E-state index in [1.54, 1.807) is 11.0 Å². The number of rotatable bonds is 3. The van der Waals surface area contributed by atoms with E-state index in [2.05, 4.69) is 9.97 Å². The van der Waals surface area contributed by atoms with Crippen LogP contribution in [0.15, 0.2) is 23.6 Å². The summed E-state index contributed by atoms with van der Waals surface area (Å²) in [5.41, 5.74) is 1.34. The number of alkyl halides is 3. The van der Waals surface area contributed by atoms with Crippen LogP contribution in [0.3, 0.4) is 0 Å². The van der Waals surface area contributed by atoms with Gasteiger partial charge in [-0.25, -0.2) is 14.8 Å². The molecule has 0 saturated carbocycles. The van der Waals surface area contributed by atoms with E-state index in [9.17, 15) is 18.0 Å². The van der Waals surface area contributed by atoms with Gasteiger partial charge in [0.05, 0.1) is 12.1 Å². The number of aryl methyl sites for hydroxylation is 2. The average Bonchev–Trinajstić information content (AvgIpc) is 3.36. The number of fused-ring (bicyclic) bond motifs is 1. The van der Waals surface area contributed by atoms with Crippen LogP contribution in [-0.4, -0.2) is 45.3 Å². The van der Waals surface area contributed by atoms with E-state index in [-0.39, 0.29) is 17.2 Å². The molecule has 0 radical (unpaired) electrons. The van der Waals surface area contributed by atoms with Crippen LogP contribution >= 0.6 is 11.3 Å². The van der Waals surface area contributed by atoms with Crippen molar-refractivity contribution in [3.63, 3.8) is 0 Å². The lowest BCUT2D eigenvalue weighted by Gasteiger charge is -2.26. The summed E-state index contributed by atoms with van der Waals surface area (Å²) < 4.78 is 51.3. The summed E-state index contributed by atoms with van der Waals surface area (Å²) in [4.78, 5) is 22.7. The lowest BCUT2D eigenvalue weighted by molar-refractivity contribution is -0.140. The normalized spacial score (nSPS) is 18.8. The number of halogens is 3. The van der Waals surface area contributed by atoms with Gasteiger partial charge >= 0.3 is 12.3 Å². The summed E-state index contributed by atoms with van der Waals surface area (Å²) in [6.07, 6.45) is -4.63. The van der Waals surface area contributed by atoms with Crippen molar-refractivity contribution in [2.24, 2.45) is 0 Å². The van der Waals surface area contributed by atoms with Gasteiger partial charge in [-0.1, -0.05) is 6.07 Å². The molecule has 1 unspecified atom stereocenters. The van der Waals surface area contributed by atoms with E-state index in [1.165, 1.54) is 0 Å². The molecule has 1 fully saturated rings. The zero-order chi connectivity index (χ0) is 25.7. The van der Waals surface area contributed by atoms with E-state index in [0.717, 1.165) is 33.2 Å². The van der Waals surface area contributed by atoms with Crippen LogP contribution in [0.2, 0.25) is 0 Å². The van der Waals surface area contributed by atoms with Gasteiger partial charge in [-0.3, -0.25) is 0 Å². The second-order valence-corrected chi connectivity index (χ2v) is 10.8. The molecule has 1 aromatic carbocycles. The lowest BCUT2D eigenvalue weighted by Crippen LogP contribution is -2.39. The molecular weight excluding hydrogens is 479 g/mol. The number of aromatic nitrogens is 2. The predicted octanol–water partition coefficient (Wildman–Crippen LogP) is 6.77. The summed E-state index contributed by atoms with van der Waals surface area (Å²) in [5, 5.41) is 1.91. The van der Waals surface area contributed by atoms with Crippen molar-refractivity contribution >= 4 is 28.3 Å². The van der Waals surface area contributed by atoms with Crippen LogP contribution in [0.25, 0.3) is 21.6 Å². The van der Waals surface area contributed by atoms with Crippen LogP contribution < -0.4 is 4.74 Å². The molecule has 3 aromatic rings. The number of thiazole rings is 1. The van der Waals surface area contributed by atoms with Crippen molar-refractivity contribution in [3.05, 3.63) is 40.4 Å². The number of benzene rings is 1. The third kappa shape index (κ3) is 5.37. The Bertz CT molecular complexity index is 1270. The molecule has 1 saturated heterocycles. The molecule has 1 aliphatic heterocycles. The summed E-state index contributed by atoms with van der Waals surface area (Å²) in [6.45, 7) is 11.6. The van der Waals surface area contributed by atoms with Crippen molar-refractivity contribution in [1.29, 1.82) is 0 Å². The van der Waals surface area contributed by atoms with Gasteiger partial charge in [0.1, 0.15) is 28.2 Å². The van der Waals surface area contributed by atoms with E-state index in [0.29, 0.717) is 29.9 Å². The summed E-state index contributed by atoms with van der Waals surface area (Å²) in [5.74, 6) is 0.500. The van der Waals surface area contributed by atoms with E-state index in [1.807, 2.05) is 53.7 Å². The Kier molecular flexibility index (Phi) is 6.46. The Balaban J connectivity index is 1.69. The van der Waals surface area contributed by atoms with Gasteiger partial charge in [-0.05, 0) is 58.7 Å². The lowest BCUT2D eigenvalue weighted by atomic mass is 10.0. The summed E-state index contributed by atoms with van der Waals surface area (Å²) in [6, 6.07) is 5.41. The smallest absolute Gasteiger partial charge is 0.434 e. The SMILES string of the molecule is Cc1ccc2c(OC3C[C@@H](C)N(C(=O)OC(C)(C)C)C3)cc(-c3nc(C(F)(F)F)cs3)nc2c1C. The third-order valence-corrected chi connectivity index (χ3v) is 6.80. The summed E-state index contributed by atoms with van der Waals surface area (Å²) in [7, 11) is 0. The first-order valence-electron chi connectivity index (χ1n) is 11.3. The number of amides is 1. The number of hydrogen-bond donors (Lipinski definition) is 0. The number of pyridine rings is 1. The zero-order valence-electron chi connectivity index (χ0n) is 20.5. The van der Waals surface area contributed by atoms with E-state index in [4.69, 9.17) is 9.47 Å². The first-order chi connectivity index (χ1) is 16.2. The first kappa shape index (κ1) is 25.2. The van der Waals surface area contributed by atoms with Crippen LogP contribution in [0.1, 0.15) is 50.9 Å². The Morgan fingerprint density at radius 3 is 2.51 bits per heavy atom. The molecule has 35 heavy (non-hydrogen) atoms. The first-order valence-corrected chi connectivity index (χ1v) is 12.2. The number of carbonyl (C=O) groups excluding carboxylic acids is 1. The molecule has 4 rings (SSSR count). The molecule has 0 bridgehead atoms. The number of carbonyl (C=O) groups is 1. The van der Waals surface area contributed by atoms with Crippen LogP contribution in [0.5, 0.6) is 5.75 Å². The fourth-order valence-corrected chi connectivity index (χ4v) is 4.83. The van der Waals surface area contributed by atoms with Gasteiger partial charge < -0.3 is 14.4 Å². The number of nitrogens with zero attached hydrogens (tertiary/aromatic N) is 3. The second kappa shape index (κ2) is 8.96. The van der Waals surface area contributed by atoms with Gasteiger partial charge in [0.25, 0.3) is 0 Å². The van der Waals surface area contributed by atoms with Crippen molar-refractivity contribution in [2.75, 3.05) is 6.54 Å². The van der Waals surface area contributed by atoms with Gasteiger partial charge in [0.2, 0.25) is 0 Å². The molecule has 3 heterocycles. The number of ether oxygens (including phenoxy) is 2. The molecule has 0 N–H and O–H groups in total. The fourth-order valence-electron chi connectivity index (χ4n) is 4.05. The molecule has 0 aliphatic carbocycles. The second-order valence-electron chi connectivity index (χ2n) is 9.90.